The number of nitrogens with one attached hydrogen (secondary N) is 2. The first-order valence-corrected chi connectivity index (χ1v) is 13.4. The molecule has 6 N–H and O–H groups in total. The molecule has 0 spiro atoms. The number of phenols is 2. The minimum Gasteiger partial charge on any atom is -0.506 e. The first kappa shape index (κ1) is 26.4. The van der Waals surface area contributed by atoms with Crippen LogP contribution >= 0.6 is 43.9 Å². The molecule has 0 heterocycles. The molecule has 4 aromatic rings. The Bertz CT molecular complexity index is 1630. The highest BCUT2D eigenvalue weighted by atomic mass is 79.9. The van der Waals surface area contributed by atoms with Gasteiger partial charge in [-0.2, -0.15) is 8.42 Å². The van der Waals surface area contributed by atoms with E-state index in [2.05, 4.69) is 51.9 Å². The third kappa shape index (κ3) is 5.37. The number of fused-ring (bicyclic) bond motifs is 2. The number of hydrogen-bond donors (Lipinski definition) is 6. The summed E-state index contributed by atoms with van der Waals surface area (Å²) < 4.78 is 37.2. The lowest BCUT2D eigenvalue weighted by Crippen LogP contribution is -2.19. The average molecular weight is 662 g/mol. The Labute approximate surface area is 224 Å². The summed E-state index contributed by atoms with van der Waals surface area (Å²) in [6.45, 7) is 0. The van der Waals surface area contributed by atoms with Crippen molar-refractivity contribution in [2.45, 2.75) is 9.79 Å². The van der Waals surface area contributed by atoms with E-state index >= 15 is 0 Å². The lowest BCUT2D eigenvalue weighted by atomic mass is 10.1. The molecule has 0 unspecified atom stereocenters. The maximum atomic E-state index is 12.6. The highest BCUT2D eigenvalue weighted by Gasteiger charge is 2.20. The number of benzene rings is 4. The van der Waals surface area contributed by atoms with Crippen LogP contribution < -0.4 is 10.6 Å². The molecule has 0 aromatic heterocycles. The zero-order chi connectivity index (χ0) is 26.2. The maximum absolute atomic E-state index is 12.6. The van der Waals surface area contributed by atoms with E-state index in [1.807, 2.05) is 0 Å². The van der Waals surface area contributed by atoms with Crippen LogP contribution in [0.1, 0.15) is 0 Å². The van der Waals surface area contributed by atoms with Crippen LogP contribution in [0.3, 0.4) is 0 Å². The second-order valence-electron chi connectivity index (χ2n) is 7.23. The first-order chi connectivity index (χ1) is 17.0. The molecular weight excluding hydrogens is 648 g/mol. The summed E-state index contributed by atoms with van der Waals surface area (Å²) in [5.74, 6) is -0.460. The van der Waals surface area contributed by atoms with Crippen LogP contribution in [0.2, 0.25) is 0 Å². The van der Waals surface area contributed by atoms with E-state index in [1.165, 1.54) is 18.2 Å². The number of hydrogen-bond acceptors (Lipinski definition) is 9. The van der Waals surface area contributed by atoms with E-state index in [0.29, 0.717) is 43.3 Å². The number of halogens is 2. The minimum atomic E-state index is -4.61. The Hall–Kier alpha value is -2.63. The van der Waals surface area contributed by atoms with E-state index in [-0.39, 0.29) is 27.0 Å². The molecule has 0 bridgehead atoms. The van der Waals surface area contributed by atoms with Crippen molar-refractivity contribution in [2.24, 2.45) is 0 Å². The summed E-state index contributed by atoms with van der Waals surface area (Å²) in [5, 5.41) is 39.5. The summed E-state index contributed by atoms with van der Waals surface area (Å²) >= 11 is 6.85. The molecule has 0 fully saturated rings. The number of phenolic OH excluding ortho intramolecular Hbond substituents is 2. The van der Waals surface area contributed by atoms with Gasteiger partial charge in [0.25, 0.3) is 10.1 Å². The monoisotopic (exact) mass is 660 g/mol. The van der Waals surface area contributed by atoms with Crippen LogP contribution in [-0.2, 0) is 19.5 Å². The quantitative estimate of drug-likeness (QED) is 0.0600. The number of urea groups is 1. The van der Waals surface area contributed by atoms with Crippen molar-refractivity contribution in [3.63, 3.8) is 0 Å². The normalized spacial score (nSPS) is 11.7. The molecule has 0 saturated heterocycles. The summed E-state index contributed by atoms with van der Waals surface area (Å²) in [5.41, 5.74) is 0.665. The lowest BCUT2D eigenvalue weighted by molar-refractivity contribution is -0.432. The smallest absolute Gasteiger partial charge is 0.323 e. The van der Waals surface area contributed by atoms with Crippen molar-refractivity contribution in [2.75, 3.05) is 10.6 Å². The topological polar surface area (TPSA) is 175 Å². The van der Waals surface area contributed by atoms with Crippen molar-refractivity contribution in [3.8, 4) is 11.5 Å². The predicted octanol–water partition coefficient (Wildman–Crippen LogP) is 6.25. The molecule has 0 atom stereocenters. The zero-order valence-corrected chi connectivity index (χ0v) is 22.3. The fourth-order valence-corrected chi connectivity index (χ4v) is 5.94. The second kappa shape index (κ2) is 10.4. The van der Waals surface area contributed by atoms with Crippen LogP contribution in [-0.4, -0.2) is 34.5 Å². The summed E-state index contributed by atoms with van der Waals surface area (Å²) in [6.07, 6.45) is 0. The van der Waals surface area contributed by atoms with Crippen molar-refractivity contribution in [3.05, 3.63) is 57.5 Å². The van der Waals surface area contributed by atoms with Gasteiger partial charge in [-0.3, -0.25) is 4.55 Å². The fraction of sp³-hybridized carbons (Fsp3) is 0. The molecular formula is C21H14Br2N2O9S2. The fourth-order valence-electron chi connectivity index (χ4n) is 3.42. The standard InChI is InChI=1S/C21H14Br2N2O9S2/c22-17-15(35-34-33-29)7-9-5-11(1-3-13(9)19(17)26)24-21(28)25-12-2-4-14-10(6-12)8-16(36(30,31)32)18(23)20(14)27/h1-8,26-27,29H,(H2,24,25,28)(H,30,31,32). The van der Waals surface area contributed by atoms with Gasteiger partial charge in [0.05, 0.1) is 25.9 Å². The van der Waals surface area contributed by atoms with Crippen LogP contribution in [0.15, 0.2) is 67.3 Å². The summed E-state index contributed by atoms with van der Waals surface area (Å²) in [4.78, 5) is 12.5. The van der Waals surface area contributed by atoms with Crippen LogP contribution in [0, 0.1) is 0 Å². The number of aromatic hydroxyl groups is 2. The molecule has 0 aliphatic carbocycles. The third-order valence-corrected chi connectivity index (χ3v) is 8.62. The second-order valence-corrected chi connectivity index (χ2v) is 10.9. The molecule has 2 amide bonds. The van der Waals surface area contributed by atoms with Crippen molar-refractivity contribution >= 4 is 93.0 Å². The number of anilines is 2. The van der Waals surface area contributed by atoms with Crippen LogP contribution in [0.25, 0.3) is 21.5 Å². The van der Waals surface area contributed by atoms with Gasteiger partial charge in [-0.25, -0.2) is 10.1 Å². The van der Waals surface area contributed by atoms with Crippen LogP contribution in [0.4, 0.5) is 16.2 Å². The van der Waals surface area contributed by atoms with Gasteiger partial charge in [0.1, 0.15) is 16.4 Å². The van der Waals surface area contributed by atoms with E-state index in [0.717, 1.165) is 6.07 Å². The Morgan fingerprint density at radius 3 is 1.92 bits per heavy atom. The van der Waals surface area contributed by atoms with Gasteiger partial charge in [-0.05, 0) is 91.2 Å². The molecule has 15 heteroatoms. The highest BCUT2D eigenvalue weighted by Crippen LogP contribution is 2.42. The molecule has 0 aliphatic rings. The van der Waals surface area contributed by atoms with Gasteiger partial charge in [0.2, 0.25) is 0 Å². The molecule has 36 heavy (non-hydrogen) atoms. The third-order valence-electron chi connectivity index (χ3n) is 4.98. The molecule has 0 radical (unpaired) electrons. The SMILES string of the molecule is O=C(Nc1ccc2c(O)c(Br)c(SOOO)cc2c1)Nc1ccc2c(O)c(Br)c(S(=O)(=O)O)cc2c1. The minimum absolute atomic E-state index is 0.0807. The maximum Gasteiger partial charge on any atom is 0.323 e. The summed E-state index contributed by atoms with van der Waals surface area (Å²) in [6, 6.07) is 11.3. The van der Waals surface area contributed by atoms with Crippen molar-refractivity contribution in [1.82, 2.24) is 0 Å². The van der Waals surface area contributed by atoms with Gasteiger partial charge in [-0.15, -0.1) is 4.33 Å². The molecule has 188 valence electrons. The first-order valence-electron chi connectivity index (χ1n) is 9.60. The van der Waals surface area contributed by atoms with E-state index in [9.17, 15) is 28.0 Å². The highest BCUT2D eigenvalue weighted by molar-refractivity contribution is 9.11. The Morgan fingerprint density at radius 1 is 0.861 bits per heavy atom. The molecule has 0 aliphatic heterocycles. The zero-order valence-electron chi connectivity index (χ0n) is 17.5. The molecule has 4 rings (SSSR count). The number of carbonyl (C=O) groups excluding carboxylic acids is 1. The van der Waals surface area contributed by atoms with Crippen LogP contribution in [0.5, 0.6) is 11.5 Å². The van der Waals surface area contributed by atoms with Crippen molar-refractivity contribution in [1.29, 1.82) is 0 Å². The lowest BCUT2D eigenvalue weighted by Gasteiger charge is -2.12. The average Bonchev–Trinajstić information content (AvgIpc) is 2.81. The molecule has 11 nitrogen and oxygen atoms in total. The van der Waals surface area contributed by atoms with Gasteiger partial charge >= 0.3 is 6.03 Å². The largest absolute Gasteiger partial charge is 0.506 e. The summed E-state index contributed by atoms with van der Waals surface area (Å²) in [7, 11) is -4.61. The van der Waals surface area contributed by atoms with Gasteiger partial charge in [-0.1, -0.05) is 5.04 Å². The van der Waals surface area contributed by atoms with Crippen molar-refractivity contribution < 1.29 is 42.6 Å². The van der Waals surface area contributed by atoms with E-state index in [1.54, 1.807) is 24.3 Å². The van der Waals surface area contributed by atoms with Gasteiger partial charge in [0, 0.05) is 22.1 Å². The van der Waals surface area contributed by atoms with E-state index in [4.69, 9.17) is 5.26 Å². The Kier molecular flexibility index (Phi) is 7.63. The Morgan fingerprint density at radius 2 is 1.39 bits per heavy atom. The number of rotatable bonds is 6. The molecule has 0 saturated carbocycles. The van der Waals surface area contributed by atoms with Gasteiger partial charge < -0.3 is 20.8 Å². The van der Waals surface area contributed by atoms with Gasteiger partial charge in [0.15, 0.2) is 0 Å². The number of amides is 2. The predicted molar refractivity (Wildman–Crippen MR) is 140 cm³/mol. The molecule has 4 aromatic carbocycles. The Balaban J connectivity index is 1.59. The van der Waals surface area contributed by atoms with E-state index < -0.39 is 21.0 Å². The number of carbonyl (C=O) groups is 1.